The number of nitrogens with zero attached hydrogens (tertiary/aromatic N) is 4. The second-order valence-electron chi connectivity index (χ2n) is 8.73. The second kappa shape index (κ2) is 8.81. The smallest absolute Gasteiger partial charge is 0.211 e. The number of likely N-dealkylation sites (N-methyl/N-ethyl adjacent to an activating group) is 1. The Morgan fingerprint density at radius 2 is 2.06 bits per heavy atom. The van der Waals surface area contributed by atoms with Gasteiger partial charge in [0.05, 0.1) is 12.8 Å². The summed E-state index contributed by atoms with van der Waals surface area (Å²) in [4.78, 5) is 11.3. The zero-order valence-electron chi connectivity index (χ0n) is 19.6. The molecule has 0 fully saturated rings. The molecule has 34 heavy (non-hydrogen) atoms. The largest absolute Gasteiger partial charge is 0.495 e. The zero-order chi connectivity index (χ0) is 23.9. The van der Waals surface area contributed by atoms with Crippen LogP contribution in [0.5, 0.6) is 5.75 Å². The van der Waals surface area contributed by atoms with Gasteiger partial charge in [0, 0.05) is 42.5 Å². The first kappa shape index (κ1) is 22.5. The molecule has 7 nitrogen and oxygen atoms in total. The maximum absolute atomic E-state index is 7.02. The van der Waals surface area contributed by atoms with E-state index in [-0.39, 0.29) is 5.92 Å². The third-order valence-electron chi connectivity index (χ3n) is 6.72. The third-order valence-corrected chi connectivity index (χ3v) is 6.92. The summed E-state index contributed by atoms with van der Waals surface area (Å²) in [5.74, 6) is 0.725. The molecule has 2 atom stereocenters. The molecule has 0 bridgehead atoms. The van der Waals surface area contributed by atoms with Crippen molar-refractivity contribution in [1.29, 1.82) is 0 Å². The van der Waals surface area contributed by atoms with Gasteiger partial charge in [0.15, 0.2) is 0 Å². The molecule has 176 valence electrons. The van der Waals surface area contributed by atoms with Crippen molar-refractivity contribution < 1.29 is 4.74 Å². The number of methoxy groups -OCH3 is 1. The van der Waals surface area contributed by atoms with E-state index in [4.69, 9.17) is 27.1 Å². The van der Waals surface area contributed by atoms with Crippen molar-refractivity contribution in [3.63, 3.8) is 0 Å². The molecule has 1 aliphatic heterocycles. The first-order valence-corrected chi connectivity index (χ1v) is 11.9. The number of benzene rings is 2. The predicted molar refractivity (Wildman–Crippen MR) is 135 cm³/mol. The van der Waals surface area contributed by atoms with E-state index in [9.17, 15) is 0 Å². The lowest BCUT2D eigenvalue weighted by atomic mass is 9.94. The van der Waals surface area contributed by atoms with Crippen LogP contribution in [0.3, 0.4) is 0 Å². The molecule has 0 saturated heterocycles. The summed E-state index contributed by atoms with van der Waals surface area (Å²) in [6, 6.07) is 16.5. The van der Waals surface area contributed by atoms with Gasteiger partial charge in [-0.05, 0) is 37.5 Å². The summed E-state index contributed by atoms with van der Waals surface area (Å²) in [7, 11) is 3.71. The van der Waals surface area contributed by atoms with E-state index in [0.717, 1.165) is 42.2 Å². The molecule has 0 spiro atoms. The average molecular weight is 477 g/mol. The van der Waals surface area contributed by atoms with E-state index in [1.54, 1.807) is 19.6 Å². The van der Waals surface area contributed by atoms with Gasteiger partial charge in [-0.25, -0.2) is 9.98 Å². The van der Waals surface area contributed by atoms with Gasteiger partial charge in [0.1, 0.15) is 23.1 Å². The van der Waals surface area contributed by atoms with Crippen molar-refractivity contribution in [3.8, 4) is 11.4 Å². The molecule has 1 aliphatic carbocycles. The minimum Gasteiger partial charge on any atom is -0.495 e. The van der Waals surface area contributed by atoms with Gasteiger partial charge in [-0.3, -0.25) is 5.73 Å². The van der Waals surface area contributed by atoms with Crippen LogP contribution in [0.15, 0.2) is 77.3 Å². The summed E-state index contributed by atoms with van der Waals surface area (Å²) in [6.07, 6.45) is 5.38. The summed E-state index contributed by atoms with van der Waals surface area (Å²) < 4.78 is 7.54. The number of nitrogens with two attached hydrogens (primary N) is 1. The second-order valence-corrected chi connectivity index (χ2v) is 9.11. The lowest BCUT2D eigenvalue weighted by molar-refractivity contribution is 0.365. The molecule has 3 aromatic rings. The van der Waals surface area contributed by atoms with Crippen molar-refractivity contribution in [2.45, 2.75) is 31.5 Å². The highest BCUT2D eigenvalue weighted by Crippen LogP contribution is 2.43. The number of aromatic nitrogens is 2. The van der Waals surface area contributed by atoms with E-state index < -0.39 is 5.79 Å². The number of halogens is 1. The van der Waals surface area contributed by atoms with Crippen LogP contribution in [0.1, 0.15) is 36.8 Å². The number of amidine groups is 1. The lowest BCUT2D eigenvalue weighted by Gasteiger charge is -2.38. The van der Waals surface area contributed by atoms with Crippen LogP contribution in [-0.4, -0.2) is 41.0 Å². The van der Waals surface area contributed by atoms with Crippen LogP contribution in [-0.2, 0) is 5.79 Å². The number of nitrogens with one attached hydrogen (secondary N) is 1. The molecule has 2 unspecified atom stereocenters. The molecule has 8 heteroatoms. The van der Waals surface area contributed by atoms with Gasteiger partial charge in [-0.15, -0.1) is 0 Å². The van der Waals surface area contributed by atoms with Gasteiger partial charge >= 0.3 is 0 Å². The number of ether oxygens (including phenoxy) is 1. The topological polar surface area (TPSA) is 80.7 Å². The number of hydrogen-bond donors (Lipinski definition) is 2. The van der Waals surface area contributed by atoms with Crippen molar-refractivity contribution in [2.24, 2.45) is 10.7 Å². The van der Waals surface area contributed by atoms with Gasteiger partial charge < -0.3 is 19.5 Å². The highest BCUT2D eigenvalue weighted by atomic mass is 35.5. The van der Waals surface area contributed by atoms with E-state index in [2.05, 4.69) is 53.4 Å². The molecule has 0 amide bonds. The fraction of sp³-hybridized carbons (Fsp3) is 0.308. The molecule has 3 N–H and O–H groups in total. The maximum atomic E-state index is 7.02. The molecular weight excluding hydrogens is 448 g/mol. The number of allylic oxidation sites excluding steroid dienone is 1. The Morgan fingerprint density at radius 3 is 2.74 bits per heavy atom. The van der Waals surface area contributed by atoms with Crippen LogP contribution >= 0.6 is 11.6 Å². The van der Waals surface area contributed by atoms with Gasteiger partial charge in [0.25, 0.3) is 0 Å². The summed E-state index contributed by atoms with van der Waals surface area (Å²) in [5, 5.41) is 4.04. The van der Waals surface area contributed by atoms with Crippen molar-refractivity contribution in [1.82, 2.24) is 19.8 Å². The van der Waals surface area contributed by atoms with Crippen molar-refractivity contribution in [3.05, 3.63) is 88.6 Å². The Bertz CT molecular complexity index is 1270. The average Bonchev–Trinajstić information content (AvgIpc) is 3.49. The normalized spacial score (nSPS) is 21.7. The standard InChI is InChI=1S/C26H29ClN6O/c1-4-32(2)25-20-12-11-19(17-8-6-5-7-9-17)24(20)30-26(28,31-25)18-10-13-21(22(14-18)34-3)33-15-23(27)29-16-33/h5-10,13-16,19,30H,4,11-12,28H2,1-3H3. The van der Waals surface area contributed by atoms with Crippen molar-refractivity contribution >= 4 is 17.4 Å². The number of hydrogen-bond acceptors (Lipinski definition) is 6. The summed E-state index contributed by atoms with van der Waals surface area (Å²) in [6.45, 7) is 2.96. The van der Waals surface area contributed by atoms with Crippen LogP contribution < -0.4 is 15.8 Å². The molecule has 2 aliphatic rings. The zero-order valence-corrected chi connectivity index (χ0v) is 20.4. The van der Waals surface area contributed by atoms with Crippen LogP contribution in [0, 0.1) is 0 Å². The fourth-order valence-electron chi connectivity index (χ4n) is 4.82. The molecule has 5 rings (SSSR count). The fourth-order valence-corrected chi connectivity index (χ4v) is 4.97. The number of rotatable bonds is 5. The minimum atomic E-state index is -1.13. The Kier molecular flexibility index (Phi) is 5.83. The Labute approximate surface area is 204 Å². The van der Waals surface area contributed by atoms with Crippen LogP contribution in [0.4, 0.5) is 0 Å². The quantitative estimate of drug-likeness (QED) is 0.571. The maximum Gasteiger partial charge on any atom is 0.211 e. The molecule has 2 heterocycles. The Hall–Kier alpha value is -3.29. The van der Waals surface area contributed by atoms with Gasteiger partial charge in [-0.1, -0.05) is 48.0 Å². The first-order chi connectivity index (χ1) is 16.4. The SMILES string of the molecule is CCN(C)C1=NC(N)(c2ccc(-n3cnc(Cl)c3)c(OC)c2)NC2=C1CCC2c1ccccc1. The lowest BCUT2D eigenvalue weighted by Crippen LogP contribution is -2.53. The highest BCUT2D eigenvalue weighted by Gasteiger charge is 2.41. The minimum absolute atomic E-state index is 0.254. The third kappa shape index (κ3) is 3.85. The number of imidazole rings is 1. The Morgan fingerprint density at radius 1 is 1.26 bits per heavy atom. The van der Waals surface area contributed by atoms with E-state index >= 15 is 0 Å². The molecular formula is C26H29ClN6O. The first-order valence-electron chi connectivity index (χ1n) is 11.5. The van der Waals surface area contributed by atoms with Gasteiger partial charge in [-0.2, -0.15) is 0 Å². The molecule has 0 radical (unpaired) electrons. The molecule has 0 saturated carbocycles. The van der Waals surface area contributed by atoms with Crippen molar-refractivity contribution in [2.75, 3.05) is 20.7 Å². The molecule has 1 aromatic heterocycles. The van der Waals surface area contributed by atoms with Gasteiger partial charge in [0.2, 0.25) is 5.79 Å². The van der Waals surface area contributed by atoms with Crippen LogP contribution in [0.2, 0.25) is 5.15 Å². The summed E-state index contributed by atoms with van der Waals surface area (Å²) >= 11 is 6.03. The molecule has 2 aromatic carbocycles. The van der Waals surface area contributed by atoms with E-state index in [0.29, 0.717) is 10.9 Å². The Balaban J connectivity index is 1.58. The van der Waals surface area contributed by atoms with E-state index in [1.807, 2.05) is 28.8 Å². The van der Waals surface area contributed by atoms with Crippen LogP contribution in [0.25, 0.3) is 5.69 Å². The summed E-state index contributed by atoms with van der Waals surface area (Å²) in [5.41, 5.74) is 12.3. The predicted octanol–water partition coefficient (Wildman–Crippen LogP) is 4.39. The van der Waals surface area contributed by atoms with E-state index in [1.165, 1.54) is 11.1 Å². The highest BCUT2D eigenvalue weighted by molar-refractivity contribution is 6.29. The number of aliphatic imine (C=N–C) groups is 1. The monoisotopic (exact) mass is 476 g/mol.